The van der Waals surface area contributed by atoms with Crippen LogP contribution >= 0.6 is 62.0 Å². The van der Waals surface area contributed by atoms with Crippen molar-refractivity contribution in [1.29, 1.82) is 0 Å². The number of thiazole rings is 1. The van der Waals surface area contributed by atoms with Crippen LogP contribution < -0.4 is 0 Å². The van der Waals surface area contributed by atoms with Crippen LogP contribution in [-0.4, -0.2) is 19.7 Å². The van der Waals surface area contributed by atoms with Gasteiger partial charge in [0.05, 0.1) is 11.1 Å². The second-order valence-electron chi connectivity index (χ2n) is 4.63. The van der Waals surface area contributed by atoms with Crippen molar-refractivity contribution < 1.29 is 0 Å². The van der Waals surface area contributed by atoms with E-state index in [4.69, 9.17) is 11.6 Å². The summed E-state index contributed by atoms with van der Waals surface area (Å²) in [6.07, 6.45) is 1.65. The fraction of sp³-hybridized carbons (Fsp3) is 0. The van der Waals surface area contributed by atoms with Gasteiger partial charge in [0.1, 0.15) is 4.34 Å². The Hall–Kier alpha value is -1.19. The Morgan fingerprint density at radius 2 is 1.96 bits per heavy atom. The highest BCUT2D eigenvalue weighted by Crippen LogP contribution is 2.36. The molecule has 3 heterocycles. The fourth-order valence-corrected chi connectivity index (χ4v) is 5.12. The number of hydrogen-bond acceptors (Lipinski definition) is 6. The first-order valence-electron chi connectivity index (χ1n) is 6.75. The Morgan fingerprint density at radius 3 is 2.62 bits per heavy atom. The van der Waals surface area contributed by atoms with Gasteiger partial charge < -0.3 is 0 Å². The Bertz CT molecular complexity index is 963. The van der Waals surface area contributed by atoms with Crippen molar-refractivity contribution in [2.45, 2.75) is 9.50 Å². The summed E-state index contributed by atoms with van der Waals surface area (Å²) < 4.78 is 4.56. The van der Waals surface area contributed by atoms with E-state index >= 15 is 0 Å². The minimum absolute atomic E-state index is 0.658. The molecule has 4 rings (SSSR count). The van der Waals surface area contributed by atoms with Gasteiger partial charge in [0.25, 0.3) is 0 Å². The van der Waals surface area contributed by atoms with Crippen molar-refractivity contribution in [2.75, 3.05) is 0 Å². The molecule has 0 fully saturated rings. The summed E-state index contributed by atoms with van der Waals surface area (Å²) in [5.74, 6) is 0.817. The first-order chi connectivity index (χ1) is 11.7. The molecule has 0 atom stereocenters. The van der Waals surface area contributed by atoms with Crippen molar-refractivity contribution in [3.63, 3.8) is 0 Å². The molecule has 0 aliphatic rings. The van der Waals surface area contributed by atoms with E-state index < -0.39 is 0 Å². The van der Waals surface area contributed by atoms with Gasteiger partial charge in [0, 0.05) is 10.2 Å². The molecule has 0 saturated heterocycles. The number of nitrogens with zero attached hydrogens (tertiary/aromatic N) is 4. The molecule has 24 heavy (non-hydrogen) atoms. The van der Waals surface area contributed by atoms with Gasteiger partial charge in [-0.05, 0) is 47.5 Å². The maximum Gasteiger partial charge on any atom is 0.203 e. The Morgan fingerprint density at radius 1 is 1.12 bits per heavy atom. The van der Waals surface area contributed by atoms with Gasteiger partial charge in [-0.15, -0.1) is 21.5 Å². The number of halogens is 2. The molecule has 0 aliphatic carbocycles. The lowest BCUT2D eigenvalue weighted by molar-refractivity contribution is 0.885. The molecular formula is C15H8BrClN4S3. The largest absolute Gasteiger partial charge is 0.269 e. The van der Waals surface area contributed by atoms with Crippen molar-refractivity contribution >= 4 is 62.0 Å². The maximum absolute atomic E-state index is 5.98. The molecule has 0 saturated carbocycles. The maximum atomic E-state index is 5.98. The standard InChI is InChI=1S/C15H8BrClN4S3/c16-9-3-5-10(6-4-9)21-13(11-2-1-7-22-11)19-20-14(21)24-15-18-8-12(17)23-15/h1-8H. The third-order valence-electron chi connectivity index (χ3n) is 3.09. The lowest BCUT2D eigenvalue weighted by Crippen LogP contribution is -1.98. The number of benzene rings is 1. The van der Waals surface area contributed by atoms with Gasteiger partial charge in [-0.2, -0.15) is 0 Å². The summed E-state index contributed by atoms with van der Waals surface area (Å²) in [7, 11) is 0. The van der Waals surface area contributed by atoms with Crippen molar-refractivity contribution in [1.82, 2.24) is 19.7 Å². The smallest absolute Gasteiger partial charge is 0.203 e. The average molecular weight is 456 g/mol. The number of thiophene rings is 1. The van der Waals surface area contributed by atoms with E-state index in [0.29, 0.717) is 4.34 Å². The van der Waals surface area contributed by atoms with Gasteiger partial charge in [-0.25, -0.2) is 4.98 Å². The van der Waals surface area contributed by atoms with Crippen LogP contribution in [0.2, 0.25) is 4.34 Å². The van der Waals surface area contributed by atoms with Gasteiger partial charge in [0.15, 0.2) is 10.2 Å². The fourth-order valence-electron chi connectivity index (χ4n) is 2.09. The zero-order valence-corrected chi connectivity index (χ0v) is 16.7. The lowest BCUT2D eigenvalue weighted by Gasteiger charge is -2.08. The molecule has 3 aromatic heterocycles. The van der Waals surface area contributed by atoms with E-state index in [2.05, 4.69) is 31.1 Å². The minimum Gasteiger partial charge on any atom is -0.269 e. The minimum atomic E-state index is 0.658. The van der Waals surface area contributed by atoms with Crippen LogP contribution in [0.1, 0.15) is 0 Å². The number of rotatable bonds is 4. The lowest BCUT2D eigenvalue weighted by atomic mass is 10.3. The SMILES string of the molecule is Clc1cnc(Sc2nnc(-c3cccs3)n2-c2ccc(Br)cc2)s1. The van der Waals surface area contributed by atoms with Crippen LogP contribution in [0.4, 0.5) is 0 Å². The molecular weight excluding hydrogens is 448 g/mol. The van der Waals surface area contributed by atoms with Crippen molar-refractivity contribution in [2.24, 2.45) is 0 Å². The number of aromatic nitrogens is 4. The first-order valence-corrected chi connectivity index (χ1v) is 10.4. The van der Waals surface area contributed by atoms with Gasteiger partial charge in [0.2, 0.25) is 5.16 Å². The van der Waals surface area contributed by atoms with Gasteiger partial charge in [-0.3, -0.25) is 4.57 Å². The van der Waals surface area contributed by atoms with Gasteiger partial charge in [-0.1, -0.05) is 44.9 Å². The Labute approximate surface area is 163 Å². The highest BCUT2D eigenvalue weighted by atomic mass is 79.9. The first kappa shape index (κ1) is 16.3. The summed E-state index contributed by atoms with van der Waals surface area (Å²) in [4.78, 5) is 5.36. The average Bonchev–Trinajstić information content (AvgIpc) is 3.30. The molecule has 1 aromatic carbocycles. The molecule has 120 valence electrons. The molecule has 0 radical (unpaired) electrons. The summed E-state index contributed by atoms with van der Waals surface area (Å²) in [6, 6.07) is 12.1. The highest BCUT2D eigenvalue weighted by Gasteiger charge is 2.18. The highest BCUT2D eigenvalue weighted by molar-refractivity contribution is 9.10. The van der Waals surface area contributed by atoms with E-state index in [1.165, 1.54) is 23.1 Å². The quantitative estimate of drug-likeness (QED) is 0.377. The Balaban J connectivity index is 1.83. The van der Waals surface area contributed by atoms with Crippen LogP contribution in [0.25, 0.3) is 16.4 Å². The van der Waals surface area contributed by atoms with E-state index in [0.717, 1.165) is 30.4 Å². The second kappa shape index (κ2) is 6.97. The Kier molecular flexibility index (Phi) is 4.73. The van der Waals surface area contributed by atoms with Crippen molar-refractivity contribution in [3.05, 3.63) is 56.8 Å². The third-order valence-corrected chi connectivity index (χ3v) is 6.63. The van der Waals surface area contributed by atoms with Crippen LogP contribution in [0, 0.1) is 0 Å². The predicted octanol–water partition coefficient (Wildman–Crippen LogP) is 6.02. The summed E-state index contributed by atoms with van der Waals surface area (Å²) >= 11 is 14.0. The molecule has 0 bridgehead atoms. The molecule has 0 amide bonds. The molecule has 4 aromatic rings. The normalized spacial score (nSPS) is 11.1. The zero-order valence-electron chi connectivity index (χ0n) is 11.9. The number of hydrogen-bond donors (Lipinski definition) is 0. The molecule has 0 N–H and O–H groups in total. The van der Waals surface area contributed by atoms with Crippen LogP contribution in [0.15, 0.2) is 61.9 Å². The van der Waals surface area contributed by atoms with E-state index in [-0.39, 0.29) is 0 Å². The van der Waals surface area contributed by atoms with Crippen LogP contribution in [0.5, 0.6) is 0 Å². The topological polar surface area (TPSA) is 43.6 Å². The molecule has 9 heteroatoms. The van der Waals surface area contributed by atoms with E-state index in [1.54, 1.807) is 17.5 Å². The van der Waals surface area contributed by atoms with E-state index in [1.807, 2.05) is 46.3 Å². The predicted molar refractivity (Wildman–Crippen MR) is 104 cm³/mol. The van der Waals surface area contributed by atoms with E-state index in [9.17, 15) is 0 Å². The van der Waals surface area contributed by atoms with Crippen molar-refractivity contribution in [3.8, 4) is 16.4 Å². The summed E-state index contributed by atoms with van der Waals surface area (Å²) in [5.41, 5.74) is 0.997. The van der Waals surface area contributed by atoms with Crippen LogP contribution in [-0.2, 0) is 0 Å². The zero-order chi connectivity index (χ0) is 16.5. The molecule has 0 spiro atoms. The molecule has 0 unspecified atom stereocenters. The molecule has 4 nitrogen and oxygen atoms in total. The van der Waals surface area contributed by atoms with Crippen LogP contribution in [0.3, 0.4) is 0 Å². The second-order valence-corrected chi connectivity index (χ2v) is 9.37. The summed E-state index contributed by atoms with van der Waals surface area (Å²) in [6.45, 7) is 0. The van der Waals surface area contributed by atoms with Gasteiger partial charge >= 0.3 is 0 Å². The monoisotopic (exact) mass is 454 g/mol. The third kappa shape index (κ3) is 3.29. The summed E-state index contributed by atoms with van der Waals surface area (Å²) in [5, 5.41) is 11.6. The molecule has 0 aliphatic heterocycles.